The fourth-order valence-electron chi connectivity index (χ4n) is 10.5. The minimum Gasteiger partial charge on any atom is -0.454 e. The van der Waals surface area contributed by atoms with Crippen LogP contribution < -0.4 is 0 Å². The topological polar surface area (TPSA) is 158 Å². The molecule has 0 aromatic carbocycles. The number of rotatable bonds is 54. The van der Waals surface area contributed by atoms with Crippen molar-refractivity contribution < 1.29 is 57.2 Å². The van der Waals surface area contributed by atoms with Crippen LogP contribution in [0.15, 0.2) is 0 Å². The molecule has 1 aliphatic rings. The van der Waals surface area contributed by atoms with Crippen LogP contribution in [-0.4, -0.2) is 72.4 Å². The molecule has 456 valence electrons. The van der Waals surface area contributed by atoms with Crippen molar-refractivity contribution in [1.29, 1.82) is 0 Å². The van der Waals surface area contributed by atoms with Crippen molar-refractivity contribution >= 4 is 35.8 Å². The molecule has 0 N–H and O–H groups in total. The molecule has 0 atom stereocenters. The highest BCUT2D eigenvalue weighted by molar-refractivity contribution is 5.74. The molecule has 1 saturated carbocycles. The molecule has 0 saturated heterocycles. The van der Waals surface area contributed by atoms with Crippen LogP contribution in [0.5, 0.6) is 0 Å². The van der Waals surface area contributed by atoms with E-state index in [2.05, 4.69) is 41.5 Å². The molecular weight excluding hydrogens is 985 g/mol. The molecule has 0 unspecified atom stereocenters. The zero-order chi connectivity index (χ0) is 57.1. The number of carbonyl (C=O) groups is 6. The average Bonchev–Trinajstić information content (AvgIpc) is 3.42. The molecule has 0 spiro atoms. The molecule has 0 aliphatic heterocycles. The van der Waals surface area contributed by atoms with Crippen LogP contribution in [0, 0.1) is 0 Å². The summed E-state index contributed by atoms with van der Waals surface area (Å²) in [5.74, 6) is -3.64. The monoisotopic (exact) mass is 1100 g/mol. The van der Waals surface area contributed by atoms with Crippen molar-refractivity contribution in [3.63, 3.8) is 0 Å². The van der Waals surface area contributed by atoms with Gasteiger partial charge in [0.25, 0.3) is 0 Å². The zero-order valence-electron chi connectivity index (χ0n) is 51.3. The largest absolute Gasteiger partial charge is 0.454 e. The molecule has 0 bridgehead atoms. The minimum atomic E-state index is -1.55. The second-order valence-electron chi connectivity index (χ2n) is 23.0. The minimum absolute atomic E-state index is 0.0456. The smallest absolute Gasteiger partial charge is 0.306 e. The maximum atomic E-state index is 14.2. The Morgan fingerprint density at radius 3 is 0.397 bits per heavy atom. The van der Waals surface area contributed by atoms with Gasteiger partial charge in [-0.15, -0.1) is 0 Å². The van der Waals surface area contributed by atoms with Gasteiger partial charge in [-0.1, -0.05) is 273 Å². The molecule has 0 aromatic heterocycles. The molecule has 0 heterocycles. The van der Waals surface area contributed by atoms with Crippen molar-refractivity contribution in [2.45, 2.75) is 386 Å². The van der Waals surface area contributed by atoms with Gasteiger partial charge in [-0.3, -0.25) is 28.8 Å². The molecule has 0 aromatic rings. The van der Waals surface area contributed by atoms with Crippen LogP contribution in [0.1, 0.15) is 350 Å². The Kier molecular flexibility index (Phi) is 48.5. The SMILES string of the molecule is CCCCCCCCCC(=O)O[C@H]1[C@H](OC(=O)CCCCCCCCC)[C@@H](OC(=O)CCCCCCCCC)[C@H](OC(=O)CCCCCCCCC)[C@@H](OC(=O)CCCCCCCCC)[C@@H]1OC(=O)CCCCCCCCC. The summed E-state index contributed by atoms with van der Waals surface area (Å²) in [6, 6.07) is 0. The van der Waals surface area contributed by atoms with Crippen LogP contribution in [-0.2, 0) is 57.2 Å². The van der Waals surface area contributed by atoms with Crippen LogP contribution in [0.3, 0.4) is 0 Å². The first-order valence-electron chi connectivity index (χ1n) is 33.2. The Labute approximate surface area is 477 Å². The molecule has 1 rings (SSSR count). The Hall–Kier alpha value is -3.18. The van der Waals surface area contributed by atoms with Crippen molar-refractivity contribution in [2.24, 2.45) is 0 Å². The first-order valence-corrected chi connectivity index (χ1v) is 33.2. The lowest BCUT2D eigenvalue weighted by Gasteiger charge is -2.47. The van der Waals surface area contributed by atoms with E-state index in [1.165, 1.54) is 0 Å². The summed E-state index contributed by atoms with van der Waals surface area (Å²) in [6.07, 6.45) is 31.8. The molecule has 12 nitrogen and oxygen atoms in total. The van der Waals surface area contributed by atoms with Crippen molar-refractivity contribution in [1.82, 2.24) is 0 Å². The highest BCUT2D eigenvalue weighted by Gasteiger charge is 2.61. The molecule has 1 fully saturated rings. The maximum absolute atomic E-state index is 14.2. The van der Waals surface area contributed by atoms with Gasteiger partial charge in [-0.25, -0.2) is 0 Å². The van der Waals surface area contributed by atoms with Crippen molar-refractivity contribution in [2.75, 3.05) is 0 Å². The van der Waals surface area contributed by atoms with Gasteiger partial charge in [0.1, 0.15) is 0 Å². The van der Waals surface area contributed by atoms with Crippen LogP contribution in [0.4, 0.5) is 0 Å². The lowest BCUT2D eigenvalue weighted by Crippen LogP contribution is -2.69. The van der Waals surface area contributed by atoms with Gasteiger partial charge < -0.3 is 28.4 Å². The van der Waals surface area contributed by atoms with E-state index in [0.29, 0.717) is 38.5 Å². The highest BCUT2D eigenvalue weighted by atomic mass is 16.7. The van der Waals surface area contributed by atoms with Crippen LogP contribution in [0.25, 0.3) is 0 Å². The average molecular weight is 1110 g/mol. The lowest BCUT2D eigenvalue weighted by atomic mass is 9.83. The zero-order valence-corrected chi connectivity index (χ0v) is 51.3. The summed E-state index contributed by atoms with van der Waals surface area (Å²) >= 11 is 0. The third-order valence-electron chi connectivity index (χ3n) is 15.5. The number of unbranched alkanes of at least 4 members (excludes halogenated alkanes) is 36. The summed E-state index contributed by atoms with van der Waals surface area (Å²) in [7, 11) is 0. The predicted molar refractivity (Wildman–Crippen MR) is 315 cm³/mol. The fourth-order valence-corrected chi connectivity index (χ4v) is 10.5. The van der Waals surface area contributed by atoms with E-state index in [1.54, 1.807) is 0 Å². The van der Waals surface area contributed by atoms with Crippen molar-refractivity contribution in [3.05, 3.63) is 0 Å². The molecule has 0 radical (unpaired) electrons. The van der Waals surface area contributed by atoms with E-state index in [-0.39, 0.29) is 38.5 Å². The molecule has 1 aliphatic carbocycles. The Morgan fingerprint density at radius 2 is 0.282 bits per heavy atom. The van der Waals surface area contributed by atoms with Gasteiger partial charge in [0, 0.05) is 38.5 Å². The quantitative estimate of drug-likeness (QED) is 0.0323. The number of hydrogen-bond acceptors (Lipinski definition) is 12. The molecular formula is C66H120O12. The summed E-state index contributed by atoms with van der Waals surface area (Å²) in [5.41, 5.74) is 0. The van der Waals surface area contributed by atoms with Crippen LogP contribution >= 0.6 is 0 Å². The Balaban J connectivity index is 3.95. The predicted octanol–water partition coefficient (Wildman–Crippen LogP) is 18.3. The first kappa shape index (κ1) is 72.8. The number of ether oxygens (including phenoxy) is 6. The number of hydrogen-bond donors (Lipinski definition) is 0. The third kappa shape index (κ3) is 38.5. The Bertz CT molecular complexity index is 1190. The standard InChI is InChI=1S/C66H120O12/c1-7-13-19-25-31-37-43-49-55(67)73-61-62(74-56(68)50-44-38-32-26-20-14-8-2)64(76-58(70)52-46-40-34-28-22-16-10-4)66(78-60(72)54-48-42-36-30-24-18-12-6)65(77-59(71)53-47-41-35-29-23-17-11-5)63(61)75-57(69)51-45-39-33-27-21-15-9-3/h61-66H,7-54H2,1-6H3/t61-,62-,63+,64+,65-,66-. The van der Waals surface area contributed by atoms with Gasteiger partial charge >= 0.3 is 35.8 Å². The second kappa shape index (κ2) is 51.9. The van der Waals surface area contributed by atoms with Gasteiger partial charge in [0.2, 0.25) is 0 Å². The lowest BCUT2D eigenvalue weighted by molar-refractivity contribution is -0.262. The Morgan fingerprint density at radius 1 is 0.179 bits per heavy atom. The summed E-state index contributed by atoms with van der Waals surface area (Å²) in [6.45, 7) is 13.1. The molecule has 78 heavy (non-hydrogen) atoms. The van der Waals surface area contributed by atoms with Crippen LogP contribution in [0.2, 0.25) is 0 Å². The van der Waals surface area contributed by atoms with E-state index in [9.17, 15) is 28.8 Å². The molecule has 0 amide bonds. The number of esters is 6. The number of carbonyl (C=O) groups excluding carboxylic acids is 6. The van der Waals surface area contributed by atoms with E-state index >= 15 is 0 Å². The van der Waals surface area contributed by atoms with E-state index in [0.717, 1.165) is 231 Å². The van der Waals surface area contributed by atoms with Gasteiger partial charge in [-0.05, 0) is 38.5 Å². The fraction of sp³-hybridized carbons (Fsp3) is 0.909. The maximum Gasteiger partial charge on any atom is 0.306 e. The van der Waals surface area contributed by atoms with Crippen molar-refractivity contribution in [3.8, 4) is 0 Å². The van der Waals surface area contributed by atoms with E-state index < -0.39 is 72.4 Å². The highest BCUT2D eigenvalue weighted by Crippen LogP contribution is 2.36. The van der Waals surface area contributed by atoms with Gasteiger partial charge in [-0.2, -0.15) is 0 Å². The summed E-state index contributed by atoms with van der Waals surface area (Å²) in [5, 5.41) is 0. The summed E-state index contributed by atoms with van der Waals surface area (Å²) in [4.78, 5) is 85.4. The third-order valence-corrected chi connectivity index (χ3v) is 15.5. The normalized spacial score (nSPS) is 18.1. The van der Waals surface area contributed by atoms with Gasteiger partial charge in [0.15, 0.2) is 36.6 Å². The van der Waals surface area contributed by atoms with E-state index in [1.807, 2.05) is 0 Å². The first-order chi connectivity index (χ1) is 38.1. The molecule has 12 heteroatoms. The second-order valence-corrected chi connectivity index (χ2v) is 23.0. The van der Waals surface area contributed by atoms with Gasteiger partial charge in [0.05, 0.1) is 0 Å². The van der Waals surface area contributed by atoms with E-state index in [4.69, 9.17) is 28.4 Å². The summed E-state index contributed by atoms with van der Waals surface area (Å²) < 4.78 is 38.4.